The van der Waals surface area contributed by atoms with E-state index in [-0.39, 0.29) is 12.0 Å². The van der Waals surface area contributed by atoms with E-state index < -0.39 is 0 Å². The second-order valence-electron chi connectivity index (χ2n) is 4.60. The molecule has 1 fully saturated rings. The first-order chi connectivity index (χ1) is 8.70. The van der Waals surface area contributed by atoms with Gasteiger partial charge in [-0.3, -0.25) is 4.79 Å². The van der Waals surface area contributed by atoms with Gasteiger partial charge in [0.25, 0.3) is 5.91 Å². The fraction of sp³-hybridized carbons (Fsp3) is 0.538. The third-order valence-electron chi connectivity index (χ3n) is 3.27. The van der Waals surface area contributed by atoms with Crippen LogP contribution in [0.1, 0.15) is 29.6 Å². The summed E-state index contributed by atoms with van der Waals surface area (Å²) in [5, 5.41) is 12.3. The lowest BCUT2D eigenvalue weighted by atomic mass is 10.1. The lowest BCUT2D eigenvalue weighted by Crippen LogP contribution is -2.29. The molecule has 1 aliphatic rings. The summed E-state index contributed by atoms with van der Waals surface area (Å²) in [6, 6.07) is 3.39. The number of carbonyl (C=O) groups excluding carboxylic acids is 1. The quantitative estimate of drug-likeness (QED) is 0.835. The SMILES string of the molecule is COc1ncccc1C(=O)NCC1CCC(O)C1. The number of aromatic nitrogens is 1. The third kappa shape index (κ3) is 2.98. The van der Waals surface area contributed by atoms with E-state index in [4.69, 9.17) is 4.74 Å². The maximum Gasteiger partial charge on any atom is 0.256 e. The van der Waals surface area contributed by atoms with Crippen LogP contribution in [-0.2, 0) is 0 Å². The highest BCUT2D eigenvalue weighted by molar-refractivity contribution is 5.96. The average molecular weight is 250 g/mol. The van der Waals surface area contributed by atoms with E-state index in [2.05, 4.69) is 10.3 Å². The summed E-state index contributed by atoms with van der Waals surface area (Å²) in [6.07, 6.45) is 3.94. The number of nitrogens with one attached hydrogen (secondary N) is 1. The van der Waals surface area contributed by atoms with Gasteiger partial charge in [-0.2, -0.15) is 0 Å². The molecular formula is C13H18N2O3. The molecule has 1 aliphatic carbocycles. The Morgan fingerprint density at radius 2 is 2.44 bits per heavy atom. The van der Waals surface area contributed by atoms with E-state index in [0.717, 1.165) is 19.3 Å². The summed E-state index contributed by atoms with van der Waals surface area (Å²) < 4.78 is 5.04. The highest BCUT2D eigenvalue weighted by atomic mass is 16.5. The summed E-state index contributed by atoms with van der Waals surface area (Å²) in [5.41, 5.74) is 0.443. The van der Waals surface area contributed by atoms with Crippen molar-refractivity contribution >= 4 is 5.91 Å². The normalized spacial score (nSPS) is 22.8. The number of methoxy groups -OCH3 is 1. The predicted octanol–water partition coefficient (Wildman–Crippen LogP) is 0.981. The number of pyridine rings is 1. The van der Waals surface area contributed by atoms with Crippen molar-refractivity contribution in [3.63, 3.8) is 0 Å². The molecule has 0 radical (unpaired) electrons. The number of amides is 1. The fourth-order valence-electron chi connectivity index (χ4n) is 2.29. The molecule has 1 heterocycles. The van der Waals surface area contributed by atoms with Gasteiger partial charge >= 0.3 is 0 Å². The molecule has 2 rings (SSSR count). The molecule has 0 aliphatic heterocycles. The minimum atomic E-state index is -0.208. The standard InChI is InChI=1S/C13H18N2O3/c1-18-13-11(3-2-6-14-13)12(17)15-8-9-4-5-10(16)7-9/h2-3,6,9-10,16H,4-5,7-8H2,1H3,(H,15,17). The van der Waals surface area contributed by atoms with Crippen molar-refractivity contribution in [3.8, 4) is 5.88 Å². The van der Waals surface area contributed by atoms with Crippen LogP contribution in [0, 0.1) is 5.92 Å². The van der Waals surface area contributed by atoms with E-state index in [1.807, 2.05) is 0 Å². The van der Waals surface area contributed by atoms with Crippen LogP contribution in [0.3, 0.4) is 0 Å². The van der Waals surface area contributed by atoms with Crippen molar-refractivity contribution < 1.29 is 14.6 Å². The molecule has 98 valence electrons. The minimum Gasteiger partial charge on any atom is -0.480 e. The number of hydrogen-bond donors (Lipinski definition) is 2. The second-order valence-corrected chi connectivity index (χ2v) is 4.60. The Morgan fingerprint density at radius 1 is 1.61 bits per heavy atom. The lowest BCUT2D eigenvalue weighted by Gasteiger charge is -2.12. The number of hydrogen-bond acceptors (Lipinski definition) is 4. The molecule has 0 saturated heterocycles. The van der Waals surface area contributed by atoms with Crippen molar-refractivity contribution in [2.45, 2.75) is 25.4 Å². The first-order valence-electron chi connectivity index (χ1n) is 6.16. The molecular weight excluding hydrogens is 232 g/mol. The van der Waals surface area contributed by atoms with Crippen LogP contribution in [-0.4, -0.2) is 35.8 Å². The number of carbonyl (C=O) groups is 1. The fourth-order valence-corrected chi connectivity index (χ4v) is 2.29. The molecule has 5 nitrogen and oxygen atoms in total. The van der Waals surface area contributed by atoms with Gasteiger partial charge in [-0.1, -0.05) is 0 Å². The molecule has 0 aromatic carbocycles. The van der Waals surface area contributed by atoms with Gasteiger partial charge in [0.05, 0.1) is 13.2 Å². The maximum absolute atomic E-state index is 12.0. The summed E-state index contributed by atoms with van der Waals surface area (Å²) in [5.74, 6) is 0.523. The molecule has 0 spiro atoms. The van der Waals surface area contributed by atoms with Gasteiger partial charge in [0.2, 0.25) is 5.88 Å². The van der Waals surface area contributed by atoms with Gasteiger partial charge in [0.1, 0.15) is 5.56 Å². The monoisotopic (exact) mass is 250 g/mol. The van der Waals surface area contributed by atoms with Gasteiger partial charge in [-0.15, -0.1) is 0 Å². The molecule has 0 bridgehead atoms. The van der Waals surface area contributed by atoms with E-state index in [9.17, 15) is 9.90 Å². The highest BCUT2D eigenvalue weighted by Crippen LogP contribution is 2.24. The van der Waals surface area contributed by atoms with Crippen molar-refractivity contribution in [2.75, 3.05) is 13.7 Å². The van der Waals surface area contributed by atoms with Gasteiger partial charge in [0, 0.05) is 12.7 Å². The highest BCUT2D eigenvalue weighted by Gasteiger charge is 2.23. The van der Waals surface area contributed by atoms with E-state index in [1.54, 1.807) is 18.3 Å². The van der Waals surface area contributed by atoms with Crippen LogP contribution in [0.25, 0.3) is 0 Å². The van der Waals surface area contributed by atoms with Crippen molar-refractivity contribution in [2.24, 2.45) is 5.92 Å². The zero-order chi connectivity index (χ0) is 13.0. The number of ether oxygens (including phenoxy) is 1. The second kappa shape index (κ2) is 5.82. The predicted molar refractivity (Wildman–Crippen MR) is 66.5 cm³/mol. The average Bonchev–Trinajstić information content (AvgIpc) is 2.81. The largest absolute Gasteiger partial charge is 0.480 e. The molecule has 1 saturated carbocycles. The molecule has 1 amide bonds. The Labute approximate surface area is 106 Å². The number of rotatable bonds is 4. The van der Waals surface area contributed by atoms with Gasteiger partial charge in [-0.05, 0) is 37.3 Å². The first kappa shape index (κ1) is 12.8. The van der Waals surface area contributed by atoms with Crippen LogP contribution >= 0.6 is 0 Å². The Bertz CT molecular complexity index is 422. The zero-order valence-electron chi connectivity index (χ0n) is 10.4. The molecule has 18 heavy (non-hydrogen) atoms. The topological polar surface area (TPSA) is 71.5 Å². The van der Waals surface area contributed by atoms with Crippen LogP contribution in [0.5, 0.6) is 5.88 Å². The Kier molecular flexibility index (Phi) is 4.15. The molecule has 2 unspecified atom stereocenters. The Morgan fingerprint density at radius 3 is 3.11 bits per heavy atom. The van der Waals surface area contributed by atoms with Crippen molar-refractivity contribution in [1.29, 1.82) is 0 Å². The van der Waals surface area contributed by atoms with Crippen LogP contribution in [0.15, 0.2) is 18.3 Å². The molecule has 5 heteroatoms. The molecule has 1 aromatic heterocycles. The van der Waals surface area contributed by atoms with Gasteiger partial charge < -0.3 is 15.2 Å². The smallest absolute Gasteiger partial charge is 0.256 e. The van der Waals surface area contributed by atoms with Gasteiger partial charge in [0.15, 0.2) is 0 Å². The summed E-state index contributed by atoms with van der Waals surface area (Å²) in [4.78, 5) is 16.0. The third-order valence-corrected chi connectivity index (χ3v) is 3.27. The summed E-state index contributed by atoms with van der Waals surface area (Å²) in [7, 11) is 1.49. The minimum absolute atomic E-state index is 0.179. The maximum atomic E-state index is 12.0. The summed E-state index contributed by atoms with van der Waals surface area (Å²) in [6.45, 7) is 0.591. The number of aliphatic hydroxyl groups is 1. The van der Waals surface area contributed by atoms with E-state index in [0.29, 0.717) is 23.9 Å². The zero-order valence-corrected chi connectivity index (χ0v) is 10.4. The van der Waals surface area contributed by atoms with Crippen molar-refractivity contribution in [1.82, 2.24) is 10.3 Å². The van der Waals surface area contributed by atoms with Crippen LogP contribution in [0.2, 0.25) is 0 Å². The van der Waals surface area contributed by atoms with Gasteiger partial charge in [-0.25, -0.2) is 4.98 Å². The molecule has 1 aromatic rings. The van der Waals surface area contributed by atoms with E-state index >= 15 is 0 Å². The number of nitrogens with zero attached hydrogens (tertiary/aromatic N) is 1. The Hall–Kier alpha value is -1.62. The first-order valence-corrected chi connectivity index (χ1v) is 6.16. The summed E-state index contributed by atoms with van der Waals surface area (Å²) >= 11 is 0. The molecule has 2 atom stereocenters. The van der Waals surface area contributed by atoms with Crippen LogP contribution < -0.4 is 10.1 Å². The number of aliphatic hydroxyl groups excluding tert-OH is 1. The Balaban J connectivity index is 1.91. The van der Waals surface area contributed by atoms with Crippen molar-refractivity contribution in [3.05, 3.63) is 23.9 Å². The lowest BCUT2D eigenvalue weighted by molar-refractivity contribution is 0.0941. The van der Waals surface area contributed by atoms with Crippen LogP contribution in [0.4, 0.5) is 0 Å². The molecule has 2 N–H and O–H groups in total. The van der Waals surface area contributed by atoms with E-state index in [1.165, 1.54) is 7.11 Å².